The molecule has 1 aromatic carbocycles. The van der Waals surface area contributed by atoms with Crippen molar-refractivity contribution in [2.75, 3.05) is 50.5 Å². The second-order valence-electron chi connectivity index (χ2n) is 11.2. The Morgan fingerprint density at radius 3 is 2.55 bits per heavy atom. The summed E-state index contributed by atoms with van der Waals surface area (Å²) in [6.45, 7) is 9.36. The Labute approximate surface area is 241 Å². The Kier molecular flexibility index (Phi) is 8.77. The lowest BCUT2D eigenvalue weighted by atomic mass is 9.97. The molecule has 1 saturated carbocycles. The summed E-state index contributed by atoms with van der Waals surface area (Å²) in [5, 5.41) is 3.12. The average molecular weight is 570 g/mol. The molecule has 216 valence electrons. The highest BCUT2D eigenvalue weighted by Crippen LogP contribution is 2.30. The number of rotatable bonds is 8. The first-order valence-electron chi connectivity index (χ1n) is 14.3. The molecule has 11 heteroatoms. The van der Waals surface area contributed by atoms with Gasteiger partial charge in [-0.25, -0.2) is 14.8 Å². The monoisotopic (exact) mass is 569 g/mol. The summed E-state index contributed by atoms with van der Waals surface area (Å²) in [5.41, 5.74) is 8.98. The number of ether oxygens (including phenoxy) is 1. The van der Waals surface area contributed by atoms with E-state index in [4.69, 9.17) is 22.1 Å². The molecule has 0 spiro atoms. The van der Waals surface area contributed by atoms with Gasteiger partial charge in [0.25, 0.3) is 5.91 Å². The first kappa shape index (κ1) is 28.6. The van der Waals surface area contributed by atoms with Crippen LogP contribution < -0.4 is 16.0 Å². The number of carbonyl (C=O) groups is 2. The molecular weight excluding hydrogens is 530 g/mol. The lowest BCUT2D eigenvalue weighted by Crippen LogP contribution is -2.58. The smallest absolute Gasteiger partial charge is 0.338 e. The molecule has 1 aromatic heterocycles. The maximum absolute atomic E-state index is 12.5. The van der Waals surface area contributed by atoms with Crippen LogP contribution in [0, 0.1) is 6.92 Å². The van der Waals surface area contributed by atoms with E-state index in [0.29, 0.717) is 23.5 Å². The van der Waals surface area contributed by atoms with Crippen LogP contribution in [0.25, 0.3) is 0 Å². The Hall–Kier alpha value is -2.95. The highest BCUT2D eigenvalue weighted by atomic mass is 35.5. The summed E-state index contributed by atoms with van der Waals surface area (Å²) >= 11 is 6.54. The molecule has 2 aliphatic heterocycles. The van der Waals surface area contributed by atoms with Crippen LogP contribution in [-0.4, -0.2) is 89.6 Å². The summed E-state index contributed by atoms with van der Waals surface area (Å²) in [7, 11) is 1.43. The highest BCUT2D eigenvalue weighted by molar-refractivity contribution is 6.32. The average Bonchev–Trinajstić information content (AvgIpc) is 3.78. The number of aryl methyl sites for hydroxylation is 1. The maximum atomic E-state index is 12.5. The number of anilines is 2. The van der Waals surface area contributed by atoms with Crippen LogP contribution in [-0.2, 0) is 11.3 Å². The van der Waals surface area contributed by atoms with E-state index in [1.807, 2.05) is 19.1 Å². The molecule has 1 atom stereocenters. The predicted molar refractivity (Wildman–Crippen MR) is 156 cm³/mol. The largest absolute Gasteiger partial charge is 0.465 e. The zero-order valence-corrected chi connectivity index (χ0v) is 24.4. The highest BCUT2D eigenvalue weighted by Gasteiger charge is 2.35. The number of halogens is 1. The minimum Gasteiger partial charge on any atom is -0.465 e. The number of nitrogen functional groups attached to an aromatic ring is 1. The lowest BCUT2D eigenvalue weighted by molar-refractivity contribution is 0.0576. The predicted octanol–water partition coefficient (Wildman–Crippen LogP) is 3.26. The molecule has 3 fully saturated rings. The lowest BCUT2D eigenvalue weighted by Gasteiger charge is -2.47. The van der Waals surface area contributed by atoms with E-state index in [0.717, 1.165) is 82.5 Å². The van der Waals surface area contributed by atoms with Gasteiger partial charge < -0.3 is 20.7 Å². The summed E-state index contributed by atoms with van der Waals surface area (Å²) < 4.78 is 5.02. The second-order valence-corrected chi connectivity index (χ2v) is 11.6. The van der Waals surface area contributed by atoms with Crippen molar-refractivity contribution in [2.24, 2.45) is 0 Å². The van der Waals surface area contributed by atoms with Crippen LogP contribution in [0.1, 0.15) is 71.0 Å². The number of esters is 1. The van der Waals surface area contributed by atoms with Crippen LogP contribution in [0.3, 0.4) is 0 Å². The number of piperazine rings is 1. The molecule has 0 radical (unpaired) electrons. The van der Waals surface area contributed by atoms with Gasteiger partial charge in [0, 0.05) is 44.3 Å². The van der Waals surface area contributed by atoms with Gasteiger partial charge in [0.2, 0.25) is 0 Å². The molecule has 3 aliphatic rings. The van der Waals surface area contributed by atoms with Gasteiger partial charge in [-0.05, 0) is 63.7 Å². The number of aromatic nitrogens is 2. The fraction of sp³-hybridized carbons (Fsp3) is 0.586. The molecule has 3 heterocycles. The van der Waals surface area contributed by atoms with Gasteiger partial charge in [0.1, 0.15) is 0 Å². The van der Waals surface area contributed by atoms with E-state index >= 15 is 0 Å². The van der Waals surface area contributed by atoms with Crippen molar-refractivity contribution in [3.05, 3.63) is 45.7 Å². The zero-order chi connectivity index (χ0) is 28.4. The van der Waals surface area contributed by atoms with E-state index < -0.39 is 0 Å². The van der Waals surface area contributed by atoms with Gasteiger partial charge in [-0.2, -0.15) is 0 Å². The molecule has 0 unspecified atom stereocenters. The summed E-state index contributed by atoms with van der Waals surface area (Å²) in [4.78, 5) is 40.9. The number of carbonyl (C=O) groups excluding carboxylic acids is 2. The molecular formula is C29H40ClN7O3. The third-order valence-corrected chi connectivity index (χ3v) is 8.63. The number of nitrogens with one attached hydrogen (secondary N) is 1. The first-order chi connectivity index (χ1) is 19.3. The molecule has 1 aliphatic carbocycles. The van der Waals surface area contributed by atoms with E-state index in [9.17, 15) is 9.59 Å². The van der Waals surface area contributed by atoms with Gasteiger partial charge in [-0.15, -0.1) is 0 Å². The van der Waals surface area contributed by atoms with Crippen molar-refractivity contribution < 1.29 is 14.3 Å². The summed E-state index contributed by atoms with van der Waals surface area (Å²) in [6.07, 6.45) is 5.12. The van der Waals surface area contributed by atoms with Crippen molar-refractivity contribution in [2.45, 2.75) is 70.6 Å². The fourth-order valence-corrected chi connectivity index (χ4v) is 6.20. The molecule has 5 rings (SSSR count). The number of benzene rings is 1. The van der Waals surface area contributed by atoms with Crippen molar-refractivity contribution in [3.8, 4) is 0 Å². The Morgan fingerprint density at radius 1 is 1.12 bits per heavy atom. The normalized spacial score (nSPS) is 20.9. The first-order valence-corrected chi connectivity index (χ1v) is 14.7. The minimum atomic E-state index is -0.313. The van der Waals surface area contributed by atoms with Crippen LogP contribution in [0.4, 0.5) is 11.6 Å². The van der Waals surface area contributed by atoms with Gasteiger partial charge in [0.05, 0.1) is 12.7 Å². The summed E-state index contributed by atoms with van der Waals surface area (Å²) in [6, 6.07) is 7.08. The molecule has 40 heavy (non-hydrogen) atoms. The van der Waals surface area contributed by atoms with Gasteiger partial charge in [0.15, 0.2) is 22.5 Å². The number of hydrogen-bond acceptors (Lipinski definition) is 9. The van der Waals surface area contributed by atoms with Gasteiger partial charge in [-0.1, -0.05) is 36.2 Å². The Balaban J connectivity index is 1.19. The second kappa shape index (κ2) is 12.3. The Morgan fingerprint density at radius 2 is 1.88 bits per heavy atom. The van der Waals surface area contributed by atoms with Crippen molar-refractivity contribution in [1.29, 1.82) is 0 Å². The zero-order valence-electron chi connectivity index (χ0n) is 23.7. The third-order valence-electron chi connectivity index (χ3n) is 8.38. The number of hydrogen-bond donors (Lipinski definition) is 2. The van der Waals surface area contributed by atoms with Gasteiger partial charge >= 0.3 is 5.97 Å². The number of piperidine rings is 1. The van der Waals surface area contributed by atoms with Crippen molar-refractivity contribution >= 4 is 35.1 Å². The van der Waals surface area contributed by atoms with E-state index in [1.54, 1.807) is 0 Å². The van der Waals surface area contributed by atoms with Crippen LogP contribution in [0.5, 0.6) is 0 Å². The van der Waals surface area contributed by atoms with E-state index in [-0.39, 0.29) is 34.6 Å². The standard InChI is InChI=1S/C29H40ClN7O3/c1-4-21-17-36(27-25(30)33-24(26(31)34-27)28(38)32-20-7-8-20)13-14-37(21)22-9-11-35(12-10-22)16-19-6-5-18(2)15-23(19)29(39)40-3/h5-6,15,20-22H,4,7-14,16-17H2,1-3H3,(H2,31,34)(H,32,38)/t21-/m0/s1. The molecule has 2 aromatic rings. The van der Waals surface area contributed by atoms with Crippen molar-refractivity contribution in [1.82, 2.24) is 25.1 Å². The molecule has 2 saturated heterocycles. The van der Waals surface area contributed by atoms with Crippen LogP contribution >= 0.6 is 11.6 Å². The van der Waals surface area contributed by atoms with Crippen molar-refractivity contribution in [3.63, 3.8) is 0 Å². The fourth-order valence-electron chi connectivity index (χ4n) is 5.95. The van der Waals surface area contributed by atoms with E-state index in [1.165, 1.54) is 7.11 Å². The quantitative estimate of drug-likeness (QED) is 0.462. The number of nitrogens with two attached hydrogens (primary N) is 1. The maximum Gasteiger partial charge on any atom is 0.338 e. The van der Waals surface area contributed by atoms with Crippen LogP contribution in [0.2, 0.25) is 5.15 Å². The number of methoxy groups -OCH3 is 1. The Bertz CT molecular complexity index is 1250. The van der Waals surface area contributed by atoms with Crippen LogP contribution in [0.15, 0.2) is 18.2 Å². The molecule has 10 nitrogen and oxygen atoms in total. The van der Waals surface area contributed by atoms with Gasteiger partial charge in [-0.3, -0.25) is 14.6 Å². The van der Waals surface area contributed by atoms with E-state index in [2.05, 4.69) is 43.0 Å². The number of amides is 1. The molecule has 3 N–H and O–H groups in total. The minimum absolute atomic E-state index is 0.0995. The third kappa shape index (κ3) is 6.34. The topological polar surface area (TPSA) is 117 Å². The SMILES string of the molecule is CC[C@H]1CN(c2nc(N)c(C(=O)NC3CC3)nc2Cl)CCN1C1CCN(Cc2ccc(C)cc2C(=O)OC)CC1. The number of nitrogens with zero attached hydrogens (tertiary/aromatic N) is 5. The molecule has 0 bridgehead atoms. The summed E-state index contributed by atoms with van der Waals surface area (Å²) in [5.74, 6) is 0.0753. The number of likely N-dealkylation sites (tertiary alicyclic amines) is 1. The molecule has 1 amide bonds.